The number of phenols is 1. The van der Waals surface area contributed by atoms with Crippen molar-refractivity contribution in [3.8, 4) is 5.75 Å². The summed E-state index contributed by atoms with van der Waals surface area (Å²) in [7, 11) is 1.64. The number of amides is 1. The molecule has 0 fully saturated rings. The van der Waals surface area contributed by atoms with Crippen LogP contribution in [0.3, 0.4) is 0 Å². The van der Waals surface area contributed by atoms with Gasteiger partial charge in [-0.1, -0.05) is 6.07 Å². The van der Waals surface area contributed by atoms with Gasteiger partial charge in [-0.05, 0) is 42.5 Å². The number of hydrogen-bond donors (Lipinski definition) is 2. The lowest BCUT2D eigenvalue weighted by Gasteiger charge is -2.31. The fourth-order valence-corrected chi connectivity index (χ4v) is 2.54. The van der Waals surface area contributed by atoms with Gasteiger partial charge in [0.2, 0.25) is 5.91 Å². The van der Waals surface area contributed by atoms with Gasteiger partial charge >= 0.3 is 0 Å². The minimum absolute atomic E-state index is 0.0184. The second-order valence-electron chi connectivity index (χ2n) is 5.20. The van der Waals surface area contributed by atoms with Crippen LogP contribution >= 0.6 is 0 Å². The van der Waals surface area contributed by atoms with Crippen LogP contribution in [0.15, 0.2) is 18.2 Å². The van der Waals surface area contributed by atoms with Crippen molar-refractivity contribution in [1.82, 2.24) is 4.90 Å². The summed E-state index contributed by atoms with van der Waals surface area (Å²) in [5, 5.41) is 9.52. The van der Waals surface area contributed by atoms with Crippen LogP contribution < -0.4 is 5.73 Å². The Bertz CT molecular complexity index is 476. The number of nitrogens with zero attached hydrogens (tertiary/aromatic N) is 1. The third kappa shape index (κ3) is 3.49. The van der Waals surface area contributed by atoms with Gasteiger partial charge in [0, 0.05) is 26.8 Å². The first-order valence-electron chi connectivity index (χ1n) is 6.96. The Hall–Kier alpha value is -1.59. The molecule has 0 aliphatic carbocycles. The lowest BCUT2D eigenvalue weighted by Crippen LogP contribution is -2.45. The van der Waals surface area contributed by atoms with E-state index in [1.165, 1.54) is 5.56 Å². The predicted molar refractivity (Wildman–Crippen MR) is 76.3 cm³/mol. The highest BCUT2D eigenvalue weighted by Crippen LogP contribution is 2.23. The summed E-state index contributed by atoms with van der Waals surface area (Å²) in [6.07, 6.45) is 2.23. The van der Waals surface area contributed by atoms with E-state index in [1.54, 1.807) is 24.1 Å². The van der Waals surface area contributed by atoms with Crippen LogP contribution in [-0.2, 0) is 22.5 Å². The van der Waals surface area contributed by atoms with Crippen molar-refractivity contribution in [3.63, 3.8) is 0 Å². The lowest BCUT2D eigenvalue weighted by molar-refractivity contribution is -0.133. The molecule has 0 radical (unpaired) electrons. The summed E-state index contributed by atoms with van der Waals surface area (Å²) in [5.74, 6) is 0.220. The molecule has 0 bridgehead atoms. The molecule has 1 aliphatic heterocycles. The van der Waals surface area contributed by atoms with Crippen molar-refractivity contribution in [2.75, 3.05) is 20.3 Å². The van der Waals surface area contributed by atoms with Gasteiger partial charge in [-0.15, -0.1) is 0 Å². The van der Waals surface area contributed by atoms with Crippen molar-refractivity contribution in [3.05, 3.63) is 29.3 Å². The van der Waals surface area contributed by atoms with Crippen molar-refractivity contribution in [2.24, 2.45) is 5.73 Å². The molecule has 3 N–H and O–H groups in total. The fraction of sp³-hybridized carbons (Fsp3) is 0.533. The molecule has 1 atom stereocenters. The van der Waals surface area contributed by atoms with Gasteiger partial charge < -0.3 is 20.5 Å². The van der Waals surface area contributed by atoms with Crippen LogP contribution in [-0.4, -0.2) is 42.2 Å². The molecule has 110 valence electrons. The molecule has 20 heavy (non-hydrogen) atoms. The minimum atomic E-state index is -0.469. The smallest absolute Gasteiger partial charge is 0.239 e. The second kappa shape index (κ2) is 6.72. The van der Waals surface area contributed by atoms with Crippen LogP contribution in [0.5, 0.6) is 5.75 Å². The third-order valence-corrected chi connectivity index (χ3v) is 3.69. The zero-order chi connectivity index (χ0) is 14.5. The molecule has 0 saturated carbocycles. The lowest BCUT2D eigenvalue weighted by atomic mass is 9.98. The third-order valence-electron chi connectivity index (χ3n) is 3.69. The van der Waals surface area contributed by atoms with Gasteiger partial charge in [-0.2, -0.15) is 0 Å². The quantitative estimate of drug-likeness (QED) is 0.789. The molecule has 0 spiro atoms. The molecular weight excluding hydrogens is 256 g/mol. The van der Waals surface area contributed by atoms with E-state index < -0.39 is 6.04 Å². The van der Waals surface area contributed by atoms with Crippen molar-refractivity contribution < 1.29 is 14.6 Å². The topological polar surface area (TPSA) is 75.8 Å². The molecule has 0 saturated heterocycles. The molecule has 1 aliphatic rings. The number of rotatable bonds is 5. The highest BCUT2D eigenvalue weighted by atomic mass is 16.5. The SMILES string of the molecule is COCCCC(N)C(=O)N1CCc2ccc(O)cc2C1. The van der Waals surface area contributed by atoms with Crippen LogP contribution in [0.1, 0.15) is 24.0 Å². The predicted octanol–water partition coefficient (Wildman–Crippen LogP) is 1.03. The first kappa shape index (κ1) is 14.8. The molecule has 5 heteroatoms. The number of carbonyl (C=O) groups is 1. The molecule has 1 heterocycles. The molecule has 1 unspecified atom stereocenters. The number of fused-ring (bicyclic) bond motifs is 1. The summed E-state index contributed by atoms with van der Waals surface area (Å²) in [6, 6.07) is 4.87. The Morgan fingerprint density at radius 2 is 2.30 bits per heavy atom. The van der Waals surface area contributed by atoms with Gasteiger partial charge in [-0.3, -0.25) is 4.79 Å². The summed E-state index contributed by atoms with van der Waals surface area (Å²) in [4.78, 5) is 14.1. The number of methoxy groups -OCH3 is 1. The summed E-state index contributed by atoms with van der Waals surface area (Å²) < 4.78 is 4.97. The Morgan fingerprint density at radius 1 is 1.50 bits per heavy atom. The summed E-state index contributed by atoms with van der Waals surface area (Å²) in [5.41, 5.74) is 8.14. The number of hydrogen-bond acceptors (Lipinski definition) is 4. The summed E-state index contributed by atoms with van der Waals surface area (Å²) >= 11 is 0. The van der Waals surface area contributed by atoms with E-state index in [0.717, 1.165) is 18.4 Å². The Kier molecular flexibility index (Phi) is 4.98. The van der Waals surface area contributed by atoms with E-state index in [2.05, 4.69) is 0 Å². The Labute approximate surface area is 119 Å². The maximum atomic E-state index is 12.3. The molecule has 2 rings (SSSR count). The molecule has 1 aromatic rings. The van der Waals surface area contributed by atoms with Crippen molar-refractivity contribution in [1.29, 1.82) is 0 Å². The average molecular weight is 278 g/mol. The maximum Gasteiger partial charge on any atom is 0.239 e. The van der Waals surface area contributed by atoms with Crippen LogP contribution in [0, 0.1) is 0 Å². The van der Waals surface area contributed by atoms with E-state index in [-0.39, 0.29) is 11.7 Å². The Balaban J connectivity index is 1.96. The van der Waals surface area contributed by atoms with Crippen LogP contribution in [0.25, 0.3) is 0 Å². The number of ether oxygens (including phenoxy) is 1. The van der Waals surface area contributed by atoms with Crippen molar-refractivity contribution in [2.45, 2.75) is 31.8 Å². The molecule has 0 aromatic heterocycles. The van der Waals surface area contributed by atoms with E-state index >= 15 is 0 Å². The zero-order valence-electron chi connectivity index (χ0n) is 11.8. The number of nitrogens with two attached hydrogens (primary N) is 1. The minimum Gasteiger partial charge on any atom is -0.508 e. The van der Waals surface area contributed by atoms with E-state index in [0.29, 0.717) is 26.1 Å². The highest BCUT2D eigenvalue weighted by molar-refractivity contribution is 5.81. The molecule has 1 amide bonds. The fourth-order valence-electron chi connectivity index (χ4n) is 2.54. The van der Waals surface area contributed by atoms with E-state index in [9.17, 15) is 9.90 Å². The van der Waals surface area contributed by atoms with Gasteiger partial charge in [0.1, 0.15) is 5.75 Å². The first-order chi connectivity index (χ1) is 9.61. The Morgan fingerprint density at radius 3 is 3.05 bits per heavy atom. The number of carbonyl (C=O) groups excluding carboxylic acids is 1. The first-order valence-corrected chi connectivity index (χ1v) is 6.96. The summed E-state index contributed by atoms with van der Waals surface area (Å²) in [6.45, 7) is 1.84. The van der Waals surface area contributed by atoms with Gasteiger partial charge in [-0.25, -0.2) is 0 Å². The zero-order valence-corrected chi connectivity index (χ0v) is 11.8. The van der Waals surface area contributed by atoms with E-state index in [4.69, 9.17) is 10.5 Å². The standard InChI is InChI=1S/C15H22N2O3/c1-20-8-2-3-14(16)15(19)17-7-6-11-4-5-13(18)9-12(11)10-17/h4-5,9,14,18H,2-3,6-8,10,16H2,1H3. The number of aromatic hydroxyl groups is 1. The molecular formula is C15H22N2O3. The number of phenolic OH excluding ortho intramolecular Hbond substituents is 1. The highest BCUT2D eigenvalue weighted by Gasteiger charge is 2.24. The number of benzene rings is 1. The van der Waals surface area contributed by atoms with Gasteiger partial charge in [0.15, 0.2) is 0 Å². The van der Waals surface area contributed by atoms with Crippen molar-refractivity contribution >= 4 is 5.91 Å². The van der Waals surface area contributed by atoms with Gasteiger partial charge in [0.25, 0.3) is 0 Å². The molecule has 1 aromatic carbocycles. The normalized spacial score (nSPS) is 15.8. The average Bonchev–Trinajstić information content (AvgIpc) is 2.45. The second-order valence-corrected chi connectivity index (χ2v) is 5.20. The van der Waals surface area contributed by atoms with Crippen LogP contribution in [0.4, 0.5) is 0 Å². The van der Waals surface area contributed by atoms with Crippen LogP contribution in [0.2, 0.25) is 0 Å². The van der Waals surface area contributed by atoms with E-state index in [1.807, 2.05) is 6.07 Å². The van der Waals surface area contributed by atoms with Gasteiger partial charge in [0.05, 0.1) is 6.04 Å². The monoisotopic (exact) mass is 278 g/mol. The largest absolute Gasteiger partial charge is 0.508 e. The maximum absolute atomic E-state index is 12.3. The molecule has 5 nitrogen and oxygen atoms in total.